The number of aromatic nitrogens is 2. The molecule has 2 nitrogen and oxygen atoms in total. The highest BCUT2D eigenvalue weighted by Crippen LogP contribution is 2.29. The van der Waals surface area contributed by atoms with E-state index in [2.05, 4.69) is 87.1 Å². The van der Waals surface area contributed by atoms with Gasteiger partial charge < -0.3 is 0 Å². The molecule has 0 saturated heterocycles. The van der Waals surface area contributed by atoms with Crippen molar-refractivity contribution in [2.75, 3.05) is 0 Å². The number of hydrogen-bond acceptors (Lipinski definition) is 2. The highest BCUT2D eigenvalue weighted by Gasteiger charge is 2.11. The minimum Gasteiger partial charge on any atom is -0.228 e. The van der Waals surface area contributed by atoms with Crippen LogP contribution in [0, 0.1) is 3.57 Å². The van der Waals surface area contributed by atoms with E-state index >= 15 is 0 Å². The molecule has 0 aliphatic heterocycles. The van der Waals surface area contributed by atoms with Gasteiger partial charge in [0.05, 0.1) is 11.4 Å². The third kappa shape index (κ3) is 3.71. The molecule has 0 amide bonds. The molecule has 0 atom stereocenters. The largest absolute Gasteiger partial charge is 0.228 e. The summed E-state index contributed by atoms with van der Waals surface area (Å²) in [7, 11) is 0. The summed E-state index contributed by atoms with van der Waals surface area (Å²) in [5.74, 6) is 0.724. The molecule has 1 heterocycles. The predicted octanol–water partition coefficient (Wildman–Crippen LogP) is 6.84. The summed E-state index contributed by atoms with van der Waals surface area (Å²) < 4.78 is 2.21. The molecule has 0 radical (unpaired) electrons. The van der Waals surface area contributed by atoms with Gasteiger partial charge in [-0.15, -0.1) is 0 Å². The van der Waals surface area contributed by atoms with Gasteiger partial charge in [-0.1, -0.05) is 66.7 Å². The zero-order valence-corrected chi connectivity index (χ0v) is 17.5. The van der Waals surface area contributed by atoms with Crippen molar-refractivity contribution in [2.24, 2.45) is 0 Å². The average Bonchev–Trinajstić information content (AvgIpc) is 2.71. The van der Waals surface area contributed by atoms with Gasteiger partial charge in [0.1, 0.15) is 0 Å². The zero-order chi connectivity index (χ0) is 17.9. The van der Waals surface area contributed by atoms with E-state index in [1.54, 1.807) is 0 Å². The molecule has 0 bridgehead atoms. The topological polar surface area (TPSA) is 25.8 Å². The Morgan fingerprint density at radius 1 is 0.615 bits per heavy atom. The summed E-state index contributed by atoms with van der Waals surface area (Å²) in [6.45, 7) is 0. The first kappa shape index (κ1) is 17.4. The van der Waals surface area contributed by atoms with Gasteiger partial charge >= 0.3 is 0 Å². The van der Waals surface area contributed by atoms with Crippen molar-refractivity contribution in [3.63, 3.8) is 0 Å². The molecule has 0 saturated carbocycles. The lowest BCUT2D eigenvalue weighted by Gasteiger charge is -2.10. The Balaban J connectivity index is 1.92. The lowest BCUT2D eigenvalue weighted by Crippen LogP contribution is -1.96. The van der Waals surface area contributed by atoms with Crippen molar-refractivity contribution in [3.05, 3.63) is 93.0 Å². The third-order valence-corrected chi connectivity index (χ3v) is 6.38. The van der Waals surface area contributed by atoms with Gasteiger partial charge in [0.15, 0.2) is 5.82 Å². The molecule has 4 heteroatoms. The standard InChI is InChI=1S/C22H14BrIN2/c23-18-13-17(11-12-19(18)24)22-25-20(15-7-3-1-4-8-15)14-21(26-22)16-9-5-2-6-10-16/h1-14H. The predicted molar refractivity (Wildman–Crippen MR) is 119 cm³/mol. The van der Waals surface area contributed by atoms with Crippen LogP contribution in [-0.4, -0.2) is 9.97 Å². The first-order valence-electron chi connectivity index (χ1n) is 8.16. The van der Waals surface area contributed by atoms with Crippen LogP contribution in [0.15, 0.2) is 89.4 Å². The molecule has 126 valence electrons. The molecule has 3 aromatic carbocycles. The molecule has 0 fully saturated rings. The molecule has 4 rings (SSSR count). The zero-order valence-electron chi connectivity index (χ0n) is 13.7. The highest BCUT2D eigenvalue weighted by atomic mass is 127. The average molecular weight is 513 g/mol. The smallest absolute Gasteiger partial charge is 0.160 e. The van der Waals surface area contributed by atoms with E-state index in [1.807, 2.05) is 36.4 Å². The maximum Gasteiger partial charge on any atom is 0.160 e. The van der Waals surface area contributed by atoms with E-state index in [9.17, 15) is 0 Å². The first-order valence-corrected chi connectivity index (χ1v) is 10.0. The third-order valence-electron chi connectivity index (χ3n) is 4.04. The molecule has 0 spiro atoms. The van der Waals surface area contributed by atoms with E-state index in [4.69, 9.17) is 9.97 Å². The Morgan fingerprint density at radius 2 is 1.15 bits per heavy atom. The van der Waals surface area contributed by atoms with Gasteiger partial charge in [-0.3, -0.25) is 0 Å². The fourth-order valence-corrected chi connectivity index (χ4v) is 3.44. The van der Waals surface area contributed by atoms with E-state index in [-0.39, 0.29) is 0 Å². The Kier molecular flexibility index (Phi) is 5.13. The summed E-state index contributed by atoms with van der Waals surface area (Å²) in [6.07, 6.45) is 0. The summed E-state index contributed by atoms with van der Waals surface area (Å²) in [5.41, 5.74) is 5.00. The van der Waals surface area contributed by atoms with Crippen molar-refractivity contribution in [3.8, 4) is 33.9 Å². The SMILES string of the molecule is Brc1cc(-c2nc(-c3ccccc3)cc(-c3ccccc3)n2)ccc1I. The van der Waals surface area contributed by atoms with Crippen LogP contribution < -0.4 is 0 Å². The van der Waals surface area contributed by atoms with Crippen molar-refractivity contribution in [1.29, 1.82) is 0 Å². The number of hydrogen-bond donors (Lipinski definition) is 0. The van der Waals surface area contributed by atoms with Crippen LogP contribution in [0.3, 0.4) is 0 Å². The maximum atomic E-state index is 4.84. The summed E-state index contributed by atoms with van der Waals surface area (Å²) >= 11 is 5.91. The van der Waals surface area contributed by atoms with E-state index in [0.717, 1.165) is 41.9 Å². The fraction of sp³-hybridized carbons (Fsp3) is 0. The van der Waals surface area contributed by atoms with E-state index in [1.165, 1.54) is 0 Å². The van der Waals surface area contributed by atoms with Crippen LogP contribution in [0.4, 0.5) is 0 Å². The minimum absolute atomic E-state index is 0.724. The van der Waals surface area contributed by atoms with Crippen molar-refractivity contribution in [1.82, 2.24) is 9.97 Å². The first-order chi connectivity index (χ1) is 12.7. The summed E-state index contributed by atoms with van der Waals surface area (Å²) in [6, 6.07) is 28.7. The molecule has 4 aromatic rings. The molecule has 0 unspecified atom stereocenters. The number of halogens is 2. The van der Waals surface area contributed by atoms with Crippen molar-refractivity contribution >= 4 is 38.5 Å². The Hall–Kier alpha value is -2.05. The maximum absolute atomic E-state index is 4.84. The molecular weight excluding hydrogens is 499 g/mol. The summed E-state index contributed by atoms with van der Waals surface area (Å²) in [5, 5.41) is 0. The van der Waals surface area contributed by atoms with Gasteiger partial charge in [0, 0.05) is 24.7 Å². The molecule has 0 N–H and O–H groups in total. The molecule has 26 heavy (non-hydrogen) atoms. The monoisotopic (exact) mass is 512 g/mol. The number of rotatable bonds is 3. The van der Waals surface area contributed by atoms with Gasteiger partial charge in [0.25, 0.3) is 0 Å². The second kappa shape index (κ2) is 7.68. The number of nitrogens with zero attached hydrogens (tertiary/aromatic N) is 2. The summed E-state index contributed by atoms with van der Waals surface area (Å²) in [4.78, 5) is 9.67. The molecule has 0 aliphatic rings. The van der Waals surface area contributed by atoms with Gasteiger partial charge in [-0.05, 0) is 56.7 Å². The van der Waals surface area contributed by atoms with Crippen LogP contribution in [0.1, 0.15) is 0 Å². The lowest BCUT2D eigenvalue weighted by atomic mass is 10.1. The van der Waals surface area contributed by atoms with Crippen LogP contribution in [0.2, 0.25) is 0 Å². The fourth-order valence-electron chi connectivity index (χ4n) is 2.73. The van der Waals surface area contributed by atoms with Gasteiger partial charge in [0.2, 0.25) is 0 Å². The Labute approximate surface area is 174 Å². The van der Waals surface area contributed by atoms with Crippen LogP contribution >= 0.6 is 38.5 Å². The van der Waals surface area contributed by atoms with Crippen LogP contribution in [0.5, 0.6) is 0 Å². The molecule has 0 aliphatic carbocycles. The molecule has 1 aromatic heterocycles. The van der Waals surface area contributed by atoms with Gasteiger partial charge in [-0.25, -0.2) is 9.97 Å². The second-order valence-electron chi connectivity index (χ2n) is 5.82. The van der Waals surface area contributed by atoms with E-state index < -0.39 is 0 Å². The van der Waals surface area contributed by atoms with E-state index in [0.29, 0.717) is 0 Å². The Morgan fingerprint density at radius 3 is 1.65 bits per heavy atom. The van der Waals surface area contributed by atoms with Crippen molar-refractivity contribution < 1.29 is 0 Å². The normalized spacial score (nSPS) is 10.7. The lowest BCUT2D eigenvalue weighted by molar-refractivity contribution is 1.18. The Bertz CT molecular complexity index is 992. The minimum atomic E-state index is 0.724. The quantitative estimate of drug-likeness (QED) is 0.281. The van der Waals surface area contributed by atoms with Gasteiger partial charge in [-0.2, -0.15) is 0 Å². The highest BCUT2D eigenvalue weighted by molar-refractivity contribution is 14.1. The van der Waals surface area contributed by atoms with Crippen LogP contribution in [-0.2, 0) is 0 Å². The number of benzene rings is 3. The van der Waals surface area contributed by atoms with Crippen LogP contribution in [0.25, 0.3) is 33.9 Å². The molecular formula is C22H14BrIN2. The second-order valence-corrected chi connectivity index (χ2v) is 7.84. The van der Waals surface area contributed by atoms with Crippen molar-refractivity contribution in [2.45, 2.75) is 0 Å².